The van der Waals surface area contributed by atoms with Gasteiger partial charge in [0.25, 0.3) is 11.7 Å². The highest BCUT2D eigenvalue weighted by molar-refractivity contribution is 6.51. The molecule has 1 heterocycles. The number of carbonyl (C=O) groups is 3. The molecular formula is C33H35NO6. The molecule has 3 aromatic carbocycles. The van der Waals surface area contributed by atoms with Gasteiger partial charge in [-0.1, -0.05) is 56.7 Å². The second-order valence-electron chi connectivity index (χ2n) is 10.1. The summed E-state index contributed by atoms with van der Waals surface area (Å²) < 4.78 is 11.0. The summed E-state index contributed by atoms with van der Waals surface area (Å²) in [6.07, 6.45) is 0.678. The maximum absolute atomic E-state index is 13.6. The Kier molecular flexibility index (Phi) is 8.73. The van der Waals surface area contributed by atoms with Crippen LogP contribution in [0.2, 0.25) is 0 Å². The molecule has 7 nitrogen and oxygen atoms in total. The normalized spacial score (nSPS) is 16.4. The quantitative estimate of drug-likeness (QED) is 0.140. The number of hydrogen-bond donors (Lipinski definition) is 1. The number of hydrogen-bond acceptors (Lipinski definition) is 6. The van der Waals surface area contributed by atoms with Gasteiger partial charge in [-0.15, -0.1) is 0 Å². The number of aliphatic hydroxyl groups is 1. The van der Waals surface area contributed by atoms with E-state index in [1.807, 2.05) is 58.9 Å². The Labute approximate surface area is 235 Å². The van der Waals surface area contributed by atoms with Crippen molar-refractivity contribution in [2.45, 2.75) is 53.0 Å². The number of benzene rings is 3. The van der Waals surface area contributed by atoms with Gasteiger partial charge >= 0.3 is 5.97 Å². The van der Waals surface area contributed by atoms with E-state index in [0.29, 0.717) is 35.6 Å². The van der Waals surface area contributed by atoms with E-state index in [2.05, 4.69) is 0 Å². The second-order valence-corrected chi connectivity index (χ2v) is 10.1. The monoisotopic (exact) mass is 541 g/mol. The molecule has 3 aromatic rings. The lowest BCUT2D eigenvalue weighted by Gasteiger charge is -2.26. The lowest BCUT2D eigenvalue weighted by atomic mass is 9.92. The van der Waals surface area contributed by atoms with Crippen LogP contribution in [0.1, 0.15) is 78.7 Å². The fourth-order valence-electron chi connectivity index (χ4n) is 4.90. The molecule has 0 bridgehead atoms. The molecule has 1 fully saturated rings. The molecule has 1 aliphatic rings. The molecular weight excluding hydrogens is 506 g/mol. The SMILES string of the molecule is CCCOC(=O)c1cccc(N2C(=O)C(=O)/C(=C(\O)c3ccc(OCC)c(C(C)C)c3)C2c2cccc(C)c2)c1. The van der Waals surface area contributed by atoms with Crippen LogP contribution in [0.4, 0.5) is 5.69 Å². The van der Waals surface area contributed by atoms with Crippen molar-refractivity contribution in [2.24, 2.45) is 0 Å². The zero-order chi connectivity index (χ0) is 29.0. The first-order chi connectivity index (χ1) is 19.2. The highest BCUT2D eigenvalue weighted by atomic mass is 16.5. The average Bonchev–Trinajstić information content (AvgIpc) is 3.21. The highest BCUT2D eigenvalue weighted by Crippen LogP contribution is 2.43. The number of nitrogens with zero attached hydrogens (tertiary/aromatic N) is 1. The van der Waals surface area contributed by atoms with Crippen LogP contribution in [-0.2, 0) is 14.3 Å². The molecule has 0 radical (unpaired) electrons. The molecule has 7 heteroatoms. The van der Waals surface area contributed by atoms with E-state index >= 15 is 0 Å². The van der Waals surface area contributed by atoms with E-state index in [4.69, 9.17) is 9.47 Å². The maximum atomic E-state index is 13.6. The van der Waals surface area contributed by atoms with E-state index in [1.54, 1.807) is 42.5 Å². The van der Waals surface area contributed by atoms with Crippen LogP contribution < -0.4 is 9.64 Å². The molecule has 1 aliphatic heterocycles. The van der Waals surface area contributed by atoms with Crippen molar-refractivity contribution in [1.82, 2.24) is 0 Å². The molecule has 4 rings (SSSR count). The van der Waals surface area contributed by atoms with Gasteiger partial charge < -0.3 is 14.6 Å². The van der Waals surface area contributed by atoms with Crippen LogP contribution >= 0.6 is 0 Å². The summed E-state index contributed by atoms with van der Waals surface area (Å²) in [5, 5.41) is 11.6. The predicted molar refractivity (Wildman–Crippen MR) is 155 cm³/mol. The molecule has 0 aromatic heterocycles. The summed E-state index contributed by atoms with van der Waals surface area (Å²) >= 11 is 0. The largest absolute Gasteiger partial charge is 0.507 e. The van der Waals surface area contributed by atoms with Gasteiger partial charge in [-0.2, -0.15) is 0 Å². The number of amides is 1. The Bertz CT molecular complexity index is 1470. The van der Waals surface area contributed by atoms with E-state index in [1.165, 1.54) is 4.90 Å². The topological polar surface area (TPSA) is 93.1 Å². The van der Waals surface area contributed by atoms with E-state index in [9.17, 15) is 19.5 Å². The Morgan fingerprint density at radius 2 is 1.73 bits per heavy atom. The fourth-order valence-corrected chi connectivity index (χ4v) is 4.90. The average molecular weight is 542 g/mol. The third-order valence-electron chi connectivity index (χ3n) is 6.80. The standard InChI is InChI=1S/C33H35NO6/c1-6-16-40-33(38)24-12-9-13-25(18-24)34-29(22-11-8-10-21(5)17-22)28(31(36)32(34)37)30(35)23-14-15-27(39-7-2)26(19-23)20(3)4/h8-15,17-20,29,35H,6-7,16H2,1-5H3/b30-28-. The van der Waals surface area contributed by atoms with Gasteiger partial charge in [0.1, 0.15) is 11.5 Å². The van der Waals surface area contributed by atoms with Crippen molar-refractivity contribution in [3.63, 3.8) is 0 Å². The minimum atomic E-state index is -0.907. The summed E-state index contributed by atoms with van der Waals surface area (Å²) in [5.41, 5.74) is 3.49. The zero-order valence-electron chi connectivity index (χ0n) is 23.6. The van der Waals surface area contributed by atoms with Gasteiger partial charge in [0.2, 0.25) is 0 Å². The molecule has 208 valence electrons. The fraction of sp³-hybridized carbons (Fsp3) is 0.303. The smallest absolute Gasteiger partial charge is 0.338 e. The van der Waals surface area contributed by atoms with Crippen molar-refractivity contribution in [1.29, 1.82) is 0 Å². The lowest BCUT2D eigenvalue weighted by molar-refractivity contribution is -0.132. The first kappa shape index (κ1) is 28.6. The molecule has 1 atom stereocenters. The highest BCUT2D eigenvalue weighted by Gasteiger charge is 2.47. The van der Waals surface area contributed by atoms with Crippen LogP contribution in [0.5, 0.6) is 5.75 Å². The summed E-state index contributed by atoms with van der Waals surface area (Å²) in [7, 11) is 0. The Balaban J connectivity index is 1.90. The number of rotatable bonds is 9. The molecule has 1 saturated heterocycles. The van der Waals surface area contributed by atoms with Crippen LogP contribution in [0.25, 0.3) is 5.76 Å². The molecule has 1 amide bonds. The van der Waals surface area contributed by atoms with Gasteiger partial charge in [0.15, 0.2) is 0 Å². The van der Waals surface area contributed by atoms with Crippen molar-refractivity contribution >= 4 is 29.1 Å². The van der Waals surface area contributed by atoms with Gasteiger partial charge in [0.05, 0.1) is 30.4 Å². The van der Waals surface area contributed by atoms with E-state index in [0.717, 1.165) is 11.1 Å². The van der Waals surface area contributed by atoms with E-state index < -0.39 is 23.7 Å². The van der Waals surface area contributed by atoms with Crippen molar-refractivity contribution < 1.29 is 29.0 Å². The number of aryl methyl sites for hydroxylation is 1. The Morgan fingerprint density at radius 3 is 2.40 bits per heavy atom. The minimum Gasteiger partial charge on any atom is -0.507 e. The summed E-state index contributed by atoms with van der Waals surface area (Å²) in [6.45, 7) is 10.5. The third kappa shape index (κ3) is 5.64. The molecule has 0 spiro atoms. The molecule has 1 N–H and O–H groups in total. The Morgan fingerprint density at radius 1 is 0.975 bits per heavy atom. The van der Waals surface area contributed by atoms with Crippen molar-refractivity contribution in [2.75, 3.05) is 18.1 Å². The first-order valence-electron chi connectivity index (χ1n) is 13.6. The van der Waals surface area contributed by atoms with Crippen LogP contribution in [0, 0.1) is 6.92 Å². The Hall–Kier alpha value is -4.39. The van der Waals surface area contributed by atoms with Gasteiger partial charge in [-0.3, -0.25) is 14.5 Å². The number of carbonyl (C=O) groups excluding carboxylic acids is 3. The minimum absolute atomic E-state index is 0.0200. The summed E-state index contributed by atoms with van der Waals surface area (Å²) in [5.74, 6) is -1.57. The lowest BCUT2D eigenvalue weighted by Crippen LogP contribution is -2.29. The molecule has 40 heavy (non-hydrogen) atoms. The molecule has 0 saturated carbocycles. The van der Waals surface area contributed by atoms with Crippen molar-refractivity contribution in [3.8, 4) is 5.75 Å². The number of Topliss-reactive ketones (excluding diaryl/α,β-unsaturated/α-hetero) is 1. The van der Waals surface area contributed by atoms with Gasteiger partial charge in [0, 0.05) is 11.3 Å². The first-order valence-corrected chi connectivity index (χ1v) is 13.6. The summed E-state index contributed by atoms with van der Waals surface area (Å²) in [6, 6.07) is 18.3. The maximum Gasteiger partial charge on any atom is 0.338 e. The number of ether oxygens (including phenoxy) is 2. The number of esters is 1. The number of anilines is 1. The number of ketones is 1. The zero-order valence-corrected chi connectivity index (χ0v) is 23.6. The van der Waals surface area contributed by atoms with Crippen LogP contribution in [-0.4, -0.2) is 36.0 Å². The predicted octanol–water partition coefficient (Wildman–Crippen LogP) is 6.71. The van der Waals surface area contributed by atoms with Crippen molar-refractivity contribution in [3.05, 3.63) is 100 Å². The van der Waals surface area contributed by atoms with Gasteiger partial charge in [-0.25, -0.2) is 4.79 Å². The molecule has 1 unspecified atom stereocenters. The summed E-state index contributed by atoms with van der Waals surface area (Å²) in [4.78, 5) is 41.1. The van der Waals surface area contributed by atoms with Crippen LogP contribution in [0.3, 0.4) is 0 Å². The van der Waals surface area contributed by atoms with E-state index in [-0.39, 0.29) is 29.4 Å². The van der Waals surface area contributed by atoms with Crippen LogP contribution in [0.15, 0.2) is 72.3 Å². The molecule has 0 aliphatic carbocycles. The third-order valence-corrected chi connectivity index (χ3v) is 6.80. The number of aliphatic hydroxyl groups excluding tert-OH is 1. The van der Waals surface area contributed by atoms with Gasteiger partial charge in [-0.05, 0) is 73.7 Å². The second kappa shape index (κ2) is 12.2.